The molecule has 0 aliphatic rings. The van der Waals surface area contributed by atoms with Gasteiger partial charge in [-0.15, -0.1) is 0 Å². The normalized spacial score (nSPS) is 10.3. The van der Waals surface area contributed by atoms with Gasteiger partial charge in [-0.3, -0.25) is 4.98 Å². The molecule has 3 aromatic rings. The average molecular weight is 423 g/mol. The van der Waals surface area contributed by atoms with Gasteiger partial charge in [-0.05, 0) is 48.9 Å². The van der Waals surface area contributed by atoms with Crippen LogP contribution in [0.3, 0.4) is 0 Å². The first-order chi connectivity index (χ1) is 15.1. The number of carbonyl (C=O) groups is 1. The predicted molar refractivity (Wildman–Crippen MR) is 123 cm³/mol. The third-order valence-electron chi connectivity index (χ3n) is 4.63. The molecule has 162 valence electrons. The van der Waals surface area contributed by atoms with Crippen molar-refractivity contribution in [1.82, 2.24) is 20.6 Å². The van der Waals surface area contributed by atoms with Crippen LogP contribution in [-0.2, 0) is 0 Å². The van der Waals surface area contributed by atoms with Crippen molar-refractivity contribution < 1.29 is 9.18 Å². The molecule has 0 unspecified atom stereocenters. The molecule has 1 aromatic carbocycles. The van der Waals surface area contributed by atoms with E-state index in [1.165, 1.54) is 6.07 Å². The van der Waals surface area contributed by atoms with Crippen molar-refractivity contribution in [2.24, 2.45) is 0 Å². The van der Waals surface area contributed by atoms with E-state index < -0.39 is 5.82 Å². The number of urea groups is 1. The standard InChI is InChI=1S/C22H26FN7O/c1-4-26-22(31)30-13-29-21-16(20-17(23)6-5-9-27-20)10-15(11-18(21)24-2)14-7-8-19(25-3)28-12-14/h5-12,24,29H,4,13H2,1-3H3,(H,25,28)(H2,26,30,31). The monoisotopic (exact) mass is 423 g/mol. The fraction of sp³-hybridized carbons (Fsp3) is 0.227. The lowest BCUT2D eigenvalue weighted by atomic mass is 9.98. The summed E-state index contributed by atoms with van der Waals surface area (Å²) in [5.41, 5.74) is 3.85. The van der Waals surface area contributed by atoms with Gasteiger partial charge < -0.3 is 26.6 Å². The molecule has 9 heteroatoms. The van der Waals surface area contributed by atoms with Crippen molar-refractivity contribution in [3.63, 3.8) is 0 Å². The summed E-state index contributed by atoms with van der Waals surface area (Å²) in [7, 11) is 3.58. The highest BCUT2D eigenvalue weighted by Crippen LogP contribution is 2.38. The Kier molecular flexibility index (Phi) is 7.21. The minimum absolute atomic E-state index is 0.153. The Morgan fingerprint density at radius 3 is 2.52 bits per heavy atom. The minimum atomic E-state index is -0.440. The largest absolute Gasteiger partial charge is 0.386 e. The number of nitrogens with one attached hydrogen (secondary N) is 5. The number of aromatic nitrogens is 2. The van der Waals surface area contributed by atoms with E-state index in [2.05, 4.69) is 36.6 Å². The Hall–Kier alpha value is -3.88. The van der Waals surface area contributed by atoms with Crippen LogP contribution in [0.5, 0.6) is 0 Å². The molecule has 0 aliphatic carbocycles. The topological polar surface area (TPSA) is 103 Å². The van der Waals surface area contributed by atoms with Crippen LogP contribution >= 0.6 is 0 Å². The lowest BCUT2D eigenvalue weighted by Gasteiger charge is -2.19. The molecule has 0 atom stereocenters. The molecule has 0 aliphatic heterocycles. The van der Waals surface area contributed by atoms with Crippen LogP contribution in [0.15, 0.2) is 48.8 Å². The van der Waals surface area contributed by atoms with Crippen molar-refractivity contribution in [2.75, 3.05) is 43.3 Å². The van der Waals surface area contributed by atoms with Crippen molar-refractivity contribution >= 4 is 23.2 Å². The summed E-state index contributed by atoms with van der Waals surface area (Å²) >= 11 is 0. The van der Waals surface area contributed by atoms with E-state index in [0.29, 0.717) is 17.8 Å². The van der Waals surface area contributed by atoms with Gasteiger partial charge in [0.2, 0.25) is 0 Å². The van der Waals surface area contributed by atoms with Crippen LogP contribution in [0.1, 0.15) is 6.92 Å². The Bertz CT molecular complexity index is 1040. The van der Waals surface area contributed by atoms with E-state index >= 15 is 0 Å². The van der Waals surface area contributed by atoms with Crippen molar-refractivity contribution in [1.29, 1.82) is 0 Å². The molecule has 0 saturated heterocycles. The lowest BCUT2D eigenvalue weighted by Crippen LogP contribution is -2.38. The highest BCUT2D eigenvalue weighted by molar-refractivity contribution is 5.91. The van der Waals surface area contributed by atoms with E-state index in [4.69, 9.17) is 0 Å². The second-order valence-electron chi connectivity index (χ2n) is 6.60. The quantitative estimate of drug-likeness (QED) is 0.354. The Morgan fingerprint density at radius 2 is 1.87 bits per heavy atom. The van der Waals surface area contributed by atoms with E-state index in [1.54, 1.807) is 32.6 Å². The summed E-state index contributed by atoms with van der Waals surface area (Å²) < 4.78 is 14.7. The van der Waals surface area contributed by atoms with Crippen molar-refractivity contribution in [2.45, 2.75) is 6.92 Å². The van der Waals surface area contributed by atoms with Gasteiger partial charge in [0.05, 0.1) is 18.0 Å². The number of nitrogens with zero attached hydrogens (tertiary/aromatic N) is 2. The van der Waals surface area contributed by atoms with Gasteiger partial charge in [0.25, 0.3) is 0 Å². The minimum Gasteiger partial charge on any atom is -0.386 e. The average Bonchev–Trinajstić information content (AvgIpc) is 2.79. The molecule has 3 rings (SSSR count). The number of anilines is 3. The molecule has 0 radical (unpaired) electrons. The zero-order valence-electron chi connectivity index (χ0n) is 17.7. The summed E-state index contributed by atoms with van der Waals surface area (Å²) in [6, 6.07) is 10.2. The molecule has 0 fully saturated rings. The lowest BCUT2D eigenvalue weighted by molar-refractivity contribution is 0.242. The van der Waals surface area contributed by atoms with Gasteiger partial charge in [-0.2, -0.15) is 0 Å². The van der Waals surface area contributed by atoms with E-state index in [1.807, 2.05) is 31.2 Å². The molecule has 5 N–H and O–H groups in total. The smallest absolute Gasteiger partial charge is 0.316 e. The van der Waals surface area contributed by atoms with Crippen LogP contribution in [0.2, 0.25) is 0 Å². The molecule has 31 heavy (non-hydrogen) atoms. The molecule has 0 saturated carbocycles. The van der Waals surface area contributed by atoms with Gasteiger partial charge >= 0.3 is 6.03 Å². The number of benzene rings is 1. The molecular formula is C22H26FN7O. The molecule has 0 spiro atoms. The van der Waals surface area contributed by atoms with Crippen LogP contribution in [-0.4, -0.2) is 43.3 Å². The SMILES string of the molecule is CCNC(=O)NCNc1c(NC)cc(-c2ccc(NC)nc2)cc1-c1ncccc1F. The van der Waals surface area contributed by atoms with E-state index in [-0.39, 0.29) is 18.4 Å². The van der Waals surface area contributed by atoms with Gasteiger partial charge in [0.15, 0.2) is 0 Å². The fourth-order valence-electron chi connectivity index (χ4n) is 3.12. The molecular weight excluding hydrogens is 397 g/mol. The maximum absolute atomic E-state index is 14.7. The number of hydrogen-bond acceptors (Lipinski definition) is 6. The molecule has 8 nitrogen and oxygen atoms in total. The number of pyridine rings is 2. The molecule has 2 aromatic heterocycles. The first-order valence-corrected chi connectivity index (χ1v) is 9.93. The second-order valence-corrected chi connectivity index (χ2v) is 6.60. The predicted octanol–water partition coefficient (Wildman–Crippen LogP) is 3.72. The zero-order valence-corrected chi connectivity index (χ0v) is 17.7. The molecule has 0 bridgehead atoms. The summed E-state index contributed by atoms with van der Waals surface area (Å²) in [5.74, 6) is 0.313. The third kappa shape index (κ3) is 5.19. The van der Waals surface area contributed by atoms with Crippen LogP contribution in [0, 0.1) is 5.82 Å². The Balaban J connectivity index is 2.05. The van der Waals surface area contributed by atoms with Crippen molar-refractivity contribution in [3.8, 4) is 22.4 Å². The Morgan fingerprint density at radius 1 is 1.03 bits per heavy atom. The summed E-state index contributed by atoms with van der Waals surface area (Å²) in [4.78, 5) is 20.3. The van der Waals surface area contributed by atoms with Crippen LogP contribution in [0.25, 0.3) is 22.4 Å². The number of carbonyl (C=O) groups excluding carboxylic acids is 1. The van der Waals surface area contributed by atoms with Gasteiger partial charge in [-0.1, -0.05) is 0 Å². The van der Waals surface area contributed by atoms with Gasteiger partial charge in [0, 0.05) is 44.2 Å². The number of amides is 2. The molecule has 2 amide bonds. The first kappa shape index (κ1) is 21.8. The van der Waals surface area contributed by atoms with Crippen molar-refractivity contribution in [3.05, 3.63) is 54.6 Å². The number of hydrogen-bond donors (Lipinski definition) is 5. The highest BCUT2D eigenvalue weighted by Gasteiger charge is 2.17. The van der Waals surface area contributed by atoms with Crippen LogP contribution < -0.4 is 26.6 Å². The first-order valence-electron chi connectivity index (χ1n) is 9.93. The maximum atomic E-state index is 14.7. The Labute approximate surface area is 180 Å². The van der Waals surface area contributed by atoms with Gasteiger partial charge in [0.1, 0.15) is 17.3 Å². The summed E-state index contributed by atoms with van der Waals surface area (Å²) in [5, 5.41) is 14.7. The second kappa shape index (κ2) is 10.2. The van der Waals surface area contributed by atoms with E-state index in [9.17, 15) is 9.18 Å². The maximum Gasteiger partial charge on any atom is 0.316 e. The number of rotatable bonds is 8. The molecule has 2 heterocycles. The van der Waals surface area contributed by atoms with Crippen LogP contribution in [0.4, 0.5) is 26.4 Å². The van der Waals surface area contributed by atoms with Gasteiger partial charge in [-0.25, -0.2) is 14.2 Å². The summed E-state index contributed by atoms with van der Waals surface area (Å²) in [6.07, 6.45) is 3.30. The fourth-order valence-corrected chi connectivity index (χ4v) is 3.12. The summed E-state index contributed by atoms with van der Waals surface area (Å²) in [6.45, 7) is 2.51. The number of halogens is 1. The highest BCUT2D eigenvalue weighted by atomic mass is 19.1. The third-order valence-corrected chi connectivity index (χ3v) is 4.63. The van der Waals surface area contributed by atoms with E-state index in [0.717, 1.165) is 22.6 Å². The zero-order chi connectivity index (χ0) is 22.2.